The van der Waals surface area contributed by atoms with Crippen molar-refractivity contribution in [2.24, 2.45) is 4.99 Å². The predicted molar refractivity (Wildman–Crippen MR) is 143 cm³/mol. The Morgan fingerprint density at radius 2 is 1.47 bits per heavy atom. The van der Waals surface area contributed by atoms with Crippen LogP contribution in [0.1, 0.15) is 16.7 Å². The quantitative estimate of drug-likeness (QED) is 0.255. The van der Waals surface area contributed by atoms with E-state index >= 15 is 0 Å². The van der Waals surface area contributed by atoms with E-state index in [-0.39, 0.29) is 11.7 Å². The van der Waals surface area contributed by atoms with Gasteiger partial charge in [0.2, 0.25) is 0 Å². The third kappa shape index (κ3) is 5.90. The lowest BCUT2D eigenvalue weighted by atomic mass is 10.2. The molecule has 0 aliphatic carbocycles. The van der Waals surface area contributed by atoms with Crippen LogP contribution in [0.25, 0.3) is 6.08 Å². The summed E-state index contributed by atoms with van der Waals surface area (Å²) in [5.74, 6) is 0.355. The van der Waals surface area contributed by atoms with Crippen LogP contribution in [0.5, 0.6) is 5.75 Å². The highest BCUT2D eigenvalue weighted by Crippen LogP contribution is 2.35. The minimum Gasteiger partial charge on any atom is -0.489 e. The fourth-order valence-electron chi connectivity index (χ4n) is 3.67. The molecule has 36 heavy (non-hydrogen) atoms. The molecule has 1 aliphatic rings. The first-order valence-electron chi connectivity index (χ1n) is 11.5. The summed E-state index contributed by atoms with van der Waals surface area (Å²) in [5, 5.41) is 0.653. The Bertz CT molecular complexity index is 1390. The number of rotatable bonds is 7. The molecule has 0 N–H and O–H groups in total. The highest BCUT2D eigenvalue weighted by molar-refractivity contribution is 8.18. The zero-order chi connectivity index (χ0) is 24.7. The van der Waals surface area contributed by atoms with Gasteiger partial charge in [0.1, 0.15) is 18.2 Å². The van der Waals surface area contributed by atoms with Gasteiger partial charge in [-0.1, -0.05) is 72.8 Å². The van der Waals surface area contributed by atoms with E-state index in [0.29, 0.717) is 29.0 Å². The number of amidine groups is 1. The standard InChI is InChI=1S/C30H23FN2O2S/c31-25-15-11-24(12-16-25)21-35-27-17-13-22(14-18-27)19-28-29(34)33(20-23-7-3-1-4-8-23)30(36-28)32-26-9-5-2-6-10-26/h1-19H,20-21H2/b28-19+,32-30?. The van der Waals surface area contributed by atoms with E-state index in [1.54, 1.807) is 17.0 Å². The van der Waals surface area contributed by atoms with E-state index in [9.17, 15) is 9.18 Å². The van der Waals surface area contributed by atoms with Crippen molar-refractivity contribution in [2.45, 2.75) is 13.2 Å². The number of hydrogen-bond acceptors (Lipinski definition) is 4. The number of thioether (sulfide) groups is 1. The van der Waals surface area contributed by atoms with Crippen molar-refractivity contribution in [1.82, 2.24) is 4.90 Å². The lowest BCUT2D eigenvalue weighted by molar-refractivity contribution is -0.122. The number of amides is 1. The minimum atomic E-state index is -0.269. The highest BCUT2D eigenvalue weighted by atomic mass is 32.2. The number of ether oxygens (including phenoxy) is 1. The third-order valence-corrected chi connectivity index (χ3v) is 6.56. The van der Waals surface area contributed by atoms with E-state index < -0.39 is 0 Å². The zero-order valence-corrected chi connectivity index (χ0v) is 20.2. The van der Waals surface area contributed by atoms with Gasteiger partial charge in [-0.05, 0) is 70.9 Å². The Morgan fingerprint density at radius 3 is 2.17 bits per heavy atom. The van der Waals surface area contributed by atoms with Crippen molar-refractivity contribution in [3.63, 3.8) is 0 Å². The Labute approximate surface area is 213 Å². The first kappa shape index (κ1) is 23.6. The Hall–Kier alpha value is -4.16. The van der Waals surface area contributed by atoms with Crippen LogP contribution < -0.4 is 4.74 Å². The van der Waals surface area contributed by atoms with Gasteiger partial charge in [-0.2, -0.15) is 0 Å². The molecule has 6 heteroatoms. The Kier molecular flexibility index (Phi) is 7.24. The molecule has 1 heterocycles. The number of hydrogen-bond donors (Lipinski definition) is 0. The zero-order valence-electron chi connectivity index (χ0n) is 19.4. The number of carbonyl (C=O) groups is 1. The molecule has 4 aromatic rings. The molecule has 0 radical (unpaired) electrons. The molecule has 178 valence electrons. The molecule has 0 spiro atoms. The molecule has 4 aromatic carbocycles. The summed E-state index contributed by atoms with van der Waals surface area (Å²) in [6, 6.07) is 33.3. The summed E-state index contributed by atoms with van der Waals surface area (Å²) >= 11 is 1.37. The van der Waals surface area contributed by atoms with E-state index in [2.05, 4.69) is 0 Å². The van der Waals surface area contributed by atoms with Gasteiger partial charge in [0, 0.05) is 0 Å². The van der Waals surface area contributed by atoms with Gasteiger partial charge in [-0.3, -0.25) is 9.69 Å². The summed E-state index contributed by atoms with van der Waals surface area (Å²) in [6.45, 7) is 0.800. The van der Waals surface area contributed by atoms with Crippen LogP contribution in [0.3, 0.4) is 0 Å². The van der Waals surface area contributed by atoms with Gasteiger partial charge in [-0.25, -0.2) is 9.38 Å². The molecule has 1 amide bonds. The number of aliphatic imine (C=N–C) groups is 1. The topological polar surface area (TPSA) is 41.9 Å². The van der Waals surface area contributed by atoms with Crippen LogP contribution in [-0.4, -0.2) is 16.0 Å². The highest BCUT2D eigenvalue weighted by Gasteiger charge is 2.33. The summed E-state index contributed by atoms with van der Waals surface area (Å²) in [6.07, 6.45) is 1.88. The molecular formula is C30H23FN2O2S. The van der Waals surface area contributed by atoms with E-state index in [4.69, 9.17) is 9.73 Å². The first-order valence-corrected chi connectivity index (χ1v) is 12.3. The number of halogens is 1. The first-order chi connectivity index (χ1) is 17.6. The maximum absolute atomic E-state index is 13.4. The minimum absolute atomic E-state index is 0.0739. The van der Waals surface area contributed by atoms with Crippen molar-refractivity contribution >= 4 is 34.6 Å². The molecule has 0 atom stereocenters. The van der Waals surface area contributed by atoms with Crippen LogP contribution in [0.2, 0.25) is 0 Å². The molecule has 0 saturated carbocycles. The van der Waals surface area contributed by atoms with Crippen LogP contribution in [0.15, 0.2) is 119 Å². The smallest absolute Gasteiger partial charge is 0.267 e. The lowest BCUT2D eigenvalue weighted by Gasteiger charge is -2.15. The number of benzene rings is 4. The molecule has 0 unspecified atom stereocenters. The number of nitrogens with zero attached hydrogens (tertiary/aromatic N) is 2. The van der Waals surface area contributed by atoms with Crippen molar-refractivity contribution in [1.29, 1.82) is 0 Å². The summed E-state index contributed by atoms with van der Waals surface area (Å²) in [5.41, 5.74) is 3.62. The largest absolute Gasteiger partial charge is 0.489 e. The second-order valence-corrected chi connectivity index (χ2v) is 9.21. The normalized spacial score (nSPS) is 15.6. The van der Waals surface area contributed by atoms with E-state index in [1.807, 2.05) is 91.0 Å². The number of carbonyl (C=O) groups excluding carboxylic acids is 1. The molecule has 5 rings (SSSR count). The average molecular weight is 495 g/mol. The Balaban J connectivity index is 1.34. The van der Waals surface area contributed by atoms with E-state index in [1.165, 1.54) is 23.9 Å². The van der Waals surface area contributed by atoms with Gasteiger partial charge < -0.3 is 4.74 Å². The maximum Gasteiger partial charge on any atom is 0.267 e. The summed E-state index contributed by atoms with van der Waals surface area (Å²) < 4.78 is 18.9. The van der Waals surface area contributed by atoms with Gasteiger partial charge in [-0.15, -0.1) is 0 Å². The van der Waals surface area contributed by atoms with Crippen molar-refractivity contribution < 1.29 is 13.9 Å². The van der Waals surface area contributed by atoms with Crippen molar-refractivity contribution in [2.75, 3.05) is 0 Å². The monoisotopic (exact) mass is 494 g/mol. The average Bonchev–Trinajstić information content (AvgIpc) is 3.19. The lowest BCUT2D eigenvalue weighted by Crippen LogP contribution is -2.28. The van der Waals surface area contributed by atoms with Gasteiger partial charge in [0.15, 0.2) is 5.17 Å². The number of para-hydroxylation sites is 1. The fraction of sp³-hybridized carbons (Fsp3) is 0.0667. The molecule has 1 saturated heterocycles. The third-order valence-electron chi connectivity index (χ3n) is 5.55. The second kappa shape index (κ2) is 11.1. The molecule has 0 bridgehead atoms. The van der Waals surface area contributed by atoms with Crippen LogP contribution in [0, 0.1) is 5.82 Å². The molecule has 1 aliphatic heterocycles. The van der Waals surface area contributed by atoms with Crippen molar-refractivity contribution in [3.8, 4) is 5.75 Å². The maximum atomic E-state index is 13.4. The molecule has 0 aromatic heterocycles. The predicted octanol–water partition coefficient (Wildman–Crippen LogP) is 7.21. The molecular weight excluding hydrogens is 471 g/mol. The van der Waals surface area contributed by atoms with Crippen LogP contribution in [-0.2, 0) is 17.9 Å². The SMILES string of the molecule is O=C1/C(=C\c2ccc(OCc3ccc(F)cc3)cc2)SC(=Nc2ccccc2)N1Cc1ccccc1. The van der Waals surface area contributed by atoms with Crippen molar-refractivity contribution in [3.05, 3.63) is 137 Å². The Morgan fingerprint density at radius 1 is 0.806 bits per heavy atom. The molecule has 4 nitrogen and oxygen atoms in total. The summed E-state index contributed by atoms with van der Waals surface area (Å²) in [4.78, 5) is 20.5. The van der Waals surface area contributed by atoms with Gasteiger partial charge in [0.25, 0.3) is 5.91 Å². The van der Waals surface area contributed by atoms with Gasteiger partial charge in [0.05, 0.1) is 17.1 Å². The second-order valence-electron chi connectivity index (χ2n) is 8.20. The molecule has 1 fully saturated rings. The fourth-order valence-corrected chi connectivity index (χ4v) is 4.67. The summed E-state index contributed by atoms with van der Waals surface area (Å²) in [7, 11) is 0. The van der Waals surface area contributed by atoms with Gasteiger partial charge >= 0.3 is 0 Å². The van der Waals surface area contributed by atoms with Crippen LogP contribution in [0.4, 0.5) is 10.1 Å². The van der Waals surface area contributed by atoms with E-state index in [0.717, 1.165) is 22.4 Å². The van der Waals surface area contributed by atoms with Crippen LogP contribution >= 0.6 is 11.8 Å².